The lowest BCUT2D eigenvalue weighted by Gasteiger charge is -2.12. The number of aliphatic imine (C=N–C) groups is 1. The molecular weight excluding hydrogens is 389 g/mol. The SMILES string of the molecule is CN=C(NCCc1ncc(C)s1)NCCS(=O)(=O)Nc1ccc(C)c(F)c1. The first kappa shape index (κ1) is 21.1. The van der Waals surface area contributed by atoms with E-state index < -0.39 is 15.8 Å². The van der Waals surface area contributed by atoms with Gasteiger partial charge in [0.25, 0.3) is 0 Å². The summed E-state index contributed by atoms with van der Waals surface area (Å²) >= 11 is 1.65. The third-order valence-corrected chi connectivity index (χ3v) is 5.89. The Morgan fingerprint density at radius 2 is 2.00 bits per heavy atom. The molecule has 0 amide bonds. The molecule has 27 heavy (non-hydrogen) atoms. The summed E-state index contributed by atoms with van der Waals surface area (Å²) in [6.07, 6.45) is 2.60. The van der Waals surface area contributed by atoms with Gasteiger partial charge in [-0.1, -0.05) is 6.07 Å². The number of rotatable bonds is 8. The highest BCUT2D eigenvalue weighted by molar-refractivity contribution is 7.92. The Kier molecular flexibility index (Phi) is 7.55. The lowest BCUT2D eigenvalue weighted by atomic mass is 10.2. The number of nitrogens with zero attached hydrogens (tertiary/aromatic N) is 2. The van der Waals surface area contributed by atoms with Gasteiger partial charge in [0.05, 0.1) is 16.4 Å². The Bertz CT molecular complexity index is 896. The summed E-state index contributed by atoms with van der Waals surface area (Å²) < 4.78 is 40.1. The molecule has 0 unspecified atom stereocenters. The third kappa shape index (κ3) is 7.14. The molecule has 0 atom stereocenters. The molecule has 3 N–H and O–H groups in total. The number of anilines is 1. The summed E-state index contributed by atoms with van der Waals surface area (Å²) in [6, 6.07) is 4.23. The summed E-state index contributed by atoms with van der Waals surface area (Å²) in [6.45, 7) is 4.43. The molecule has 10 heteroatoms. The zero-order valence-corrected chi connectivity index (χ0v) is 17.2. The van der Waals surface area contributed by atoms with Crippen LogP contribution in [-0.2, 0) is 16.4 Å². The summed E-state index contributed by atoms with van der Waals surface area (Å²) in [5, 5.41) is 7.10. The molecule has 0 bridgehead atoms. The van der Waals surface area contributed by atoms with Gasteiger partial charge in [0.2, 0.25) is 10.0 Å². The van der Waals surface area contributed by atoms with Crippen molar-refractivity contribution in [1.29, 1.82) is 0 Å². The van der Waals surface area contributed by atoms with E-state index in [-0.39, 0.29) is 18.0 Å². The number of sulfonamides is 1. The number of guanidine groups is 1. The van der Waals surface area contributed by atoms with Gasteiger partial charge in [0.1, 0.15) is 5.82 Å². The van der Waals surface area contributed by atoms with Crippen LogP contribution in [0.15, 0.2) is 29.4 Å². The van der Waals surface area contributed by atoms with Crippen LogP contribution >= 0.6 is 11.3 Å². The van der Waals surface area contributed by atoms with Gasteiger partial charge in [-0.15, -0.1) is 11.3 Å². The van der Waals surface area contributed by atoms with Gasteiger partial charge >= 0.3 is 0 Å². The molecule has 2 rings (SSSR count). The van der Waals surface area contributed by atoms with Crippen LogP contribution < -0.4 is 15.4 Å². The molecule has 0 aliphatic heterocycles. The zero-order valence-electron chi connectivity index (χ0n) is 15.5. The Hall–Kier alpha value is -2.20. The van der Waals surface area contributed by atoms with E-state index in [9.17, 15) is 12.8 Å². The van der Waals surface area contributed by atoms with E-state index in [0.717, 1.165) is 11.4 Å². The maximum atomic E-state index is 13.5. The van der Waals surface area contributed by atoms with Crippen molar-refractivity contribution < 1.29 is 12.8 Å². The molecular formula is C17H24FN5O2S2. The van der Waals surface area contributed by atoms with E-state index in [1.807, 2.05) is 13.1 Å². The Morgan fingerprint density at radius 3 is 2.63 bits per heavy atom. The van der Waals surface area contributed by atoms with E-state index >= 15 is 0 Å². The molecule has 7 nitrogen and oxygen atoms in total. The fourth-order valence-electron chi connectivity index (χ4n) is 2.22. The van der Waals surface area contributed by atoms with Crippen LogP contribution in [0.25, 0.3) is 0 Å². The average molecular weight is 414 g/mol. The second kappa shape index (κ2) is 9.65. The summed E-state index contributed by atoms with van der Waals surface area (Å²) in [5.74, 6) is -0.109. The van der Waals surface area contributed by atoms with Gasteiger partial charge in [-0.05, 0) is 31.5 Å². The fraction of sp³-hybridized carbons (Fsp3) is 0.412. The first-order valence-corrected chi connectivity index (χ1v) is 10.9. The highest BCUT2D eigenvalue weighted by Gasteiger charge is 2.12. The van der Waals surface area contributed by atoms with Crippen molar-refractivity contribution in [2.45, 2.75) is 20.3 Å². The molecule has 1 heterocycles. The fourth-order valence-corrected chi connectivity index (χ4v) is 3.96. The molecule has 0 aliphatic rings. The summed E-state index contributed by atoms with van der Waals surface area (Å²) in [5.41, 5.74) is 0.668. The number of aryl methyl sites for hydroxylation is 2. The quantitative estimate of drug-likeness (QED) is 0.455. The molecule has 0 spiro atoms. The Balaban J connectivity index is 1.75. The number of nitrogens with one attached hydrogen (secondary N) is 3. The van der Waals surface area contributed by atoms with Crippen molar-refractivity contribution >= 4 is 33.0 Å². The zero-order chi connectivity index (χ0) is 19.9. The van der Waals surface area contributed by atoms with Crippen LogP contribution in [0.3, 0.4) is 0 Å². The maximum Gasteiger partial charge on any atom is 0.234 e. The van der Waals surface area contributed by atoms with E-state index in [4.69, 9.17) is 0 Å². The molecule has 0 radical (unpaired) electrons. The van der Waals surface area contributed by atoms with Gasteiger partial charge in [-0.3, -0.25) is 9.71 Å². The number of aromatic nitrogens is 1. The molecule has 0 fully saturated rings. The van der Waals surface area contributed by atoms with Crippen molar-refractivity contribution in [3.05, 3.63) is 45.7 Å². The molecule has 148 valence electrons. The van der Waals surface area contributed by atoms with Crippen LogP contribution in [0.1, 0.15) is 15.4 Å². The number of hydrogen-bond donors (Lipinski definition) is 3. The average Bonchev–Trinajstić information content (AvgIpc) is 3.01. The lowest BCUT2D eigenvalue weighted by Crippen LogP contribution is -2.40. The van der Waals surface area contributed by atoms with Gasteiger partial charge in [-0.25, -0.2) is 17.8 Å². The van der Waals surface area contributed by atoms with Crippen molar-refractivity contribution in [3.8, 4) is 0 Å². The lowest BCUT2D eigenvalue weighted by molar-refractivity contribution is 0.599. The molecule has 1 aromatic heterocycles. The van der Waals surface area contributed by atoms with Gasteiger partial charge in [0, 0.05) is 37.6 Å². The van der Waals surface area contributed by atoms with Gasteiger partial charge in [0.15, 0.2) is 5.96 Å². The predicted molar refractivity (Wildman–Crippen MR) is 108 cm³/mol. The third-order valence-electron chi connectivity index (χ3n) is 3.63. The normalized spacial score (nSPS) is 12.1. The van der Waals surface area contributed by atoms with Crippen LogP contribution in [0.4, 0.5) is 10.1 Å². The highest BCUT2D eigenvalue weighted by atomic mass is 32.2. The molecule has 0 aliphatic carbocycles. The predicted octanol–water partition coefficient (Wildman–Crippen LogP) is 2.05. The summed E-state index contributed by atoms with van der Waals surface area (Å²) in [7, 11) is -1.98. The minimum Gasteiger partial charge on any atom is -0.356 e. The monoisotopic (exact) mass is 413 g/mol. The first-order valence-electron chi connectivity index (χ1n) is 8.41. The van der Waals surface area contributed by atoms with Crippen molar-refractivity contribution in [3.63, 3.8) is 0 Å². The first-order chi connectivity index (χ1) is 12.8. The highest BCUT2D eigenvalue weighted by Crippen LogP contribution is 2.15. The summed E-state index contributed by atoms with van der Waals surface area (Å²) in [4.78, 5) is 9.52. The number of benzene rings is 1. The molecule has 0 saturated carbocycles. The number of halogens is 1. The molecule has 1 aromatic carbocycles. The molecule has 0 saturated heterocycles. The van der Waals surface area contributed by atoms with E-state index in [1.54, 1.807) is 25.3 Å². The van der Waals surface area contributed by atoms with Crippen LogP contribution in [-0.4, -0.2) is 45.3 Å². The smallest absolute Gasteiger partial charge is 0.234 e. The van der Waals surface area contributed by atoms with Crippen molar-refractivity contribution in [2.75, 3.05) is 30.6 Å². The molecule has 2 aromatic rings. The van der Waals surface area contributed by atoms with Gasteiger partial charge < -0.3 is 10.6 Å². The number of thiazole rings is 1. The van der Waals surface area contributed by atoms with E-state index in [2.05, 4.69) is 25.3 Å². The number of hydrogen-bond acceptors (Lipinski definition) is 5. The van der Waals surface area contributed by atoms with E-state index in [1.165, 1.54) is 23.1 Å². The standard InChI is InChI=1S/C17H24FN5O2S2/c1-12-4-5-14(10-15(12)18)23-27(24,25)9-8-21-17(19-3)20-7-6-16-22-11-13(2)26-16/h4-5,10-11,23H,6-9H2,1-3H3,(H2,19,20,21). The van der Waals surface area contributed by atoms with E-state index in [0.29, 0.717) is 18.1 Å². The minimum absolute atomic E-state index is 0.166. The second-order valence-corrected chi connectivity index (χ2v) is 9.09. The topological polar surface area (TPSA) is 95.5 Å². The maximum absolute atomic E-state index is 13.5. The van der Waals surface area contributed by atoms with Gasteiger partial charge in [-0.2, -0.15) is 0 Å². The Labute approximate surface area is 163 Å². The van der Waals surface area contributed by atoms with Crippen LogP contribution in [0.5, 0.6) is 0 Å². The Morgan fingerprint density at radius 1 is 1.26 bits per heavy atom. The van der Waals surface area contributed by atoms with Crippen molar-refractivity contribution in [1.82, 2.24) is 15.6 Å². The largest absolute Gasteiger partial charge is 0.356 e. The minimum atomic E-state index is -3.60. The van der Waals surface area contributed by atoms with Crippen LogP contribution in [0, 0.1) is 19.7 Å². The van der Waals surface area contributed by atoms with Crippen LogP contribution in [0.2, 0.25) is 0 Å². The second-order valence-electron chi connectivity index (χ2n) is 5.93. The van der Waals surface area contributed by atoms with Crippen molar-refractivity contribution in [2.24, 2.45) is 4.99 Å².